The number of rotatable bonds is 3. The fraction of sp³-hybridized carbons (Fsp3) is 0.429. The minimum absolute atomic E-state index is 0.0256. The van der Waals surface area contributed by atoms with Crippen LogP contribution < -0.4 is 0 Å². The molecule has 0 heterocycles. The summed E-state index contributed by atoms with van der Waals surface area (Å²) in [7, 11) is 0. The molecule has 0 saturated heterocycles. The summed E-state index contributed by atoms with van der Waals surface area (Å²) in [5.41, 5.74) is 1.02. The largest absolute Gasteiger partial charge is 0.481 e. The van der Waals surface area contributed by atoms with Gasteiger partial charge in [-0.2, -0.15) is 0 Å². The van der Waals surface area contributed by atoms with Crippen LogP contribution in [-0.4, -0.2) is 16.9 Å². The molecule has 1 aromatic carbocycles. The second kappa shape index (κ2) is 5.13. The van der Waals surface area contributed by atoms with E-state index in [1.165, 1.54) is 0 Å². The van der Waals surface area contributed by atoms with Gasteiger partial charge in [0.05, 0.1) is 6.42 Å². The molecule has 2 atom stereocenters. The minimum atomic E-state index is -0.878. The quantitative estimate of drug-likeness (QED) is 0.871. The smallest absolute Gasteiger partial charge is 0.304 e. The topological polar surface area (TPSA) is 54.4 Å². The maximum atomic E-state index is 12.2. The number of carboxylic acids is 1. The predicted octanol–water partition coefficient (Wildman–Crippen LogP) is 2.61. The van der Waals surface area contributed by atoms with Gasteiger partial charge in [0.25, 0.3) is 0 Å². The van der Waals surface area contributed by atoms with Gasteiger partial charge in [0.15, 0.2) is 0 Å². The fourth-order valence-electron chi connectivity index (χ4n) is 2.57. The molecule has 1 aliphatic carbocycles. The number of hydrogen-bond acceptors (Lipinski definition) is 2. The first-order valence-corrected chi connectivity index (χ1v) is 5.99. The van der Waals surface area contributed by atoms with Crippen LogP contribution in [0, 0.1) is 5.92 Å². The highest BCUT2D eigenvalue weighted by molar-refractivity contribution is 5.91. The molecule has 0 aliphatic heterocycles. The summed E-state index contributed by atoms with van der Waals surface area (Å²) in [5, 5.41) is 8.79. The average Bonchev–Trinajstić information content (AvgIpc) is 2.32. The standard InChI is InChI=1S/C14H16O3/c15-13(16)9-11-7-4-8-12(14(11)17)10-5-2-1-3-6-10/h1-3,5-6,11-12H,4,7-9H2,(H,15,16)/t11-,12+/m1/s1. The van der Waals surface area contributed by atoms with Gasteiger partial charge >= 0.3 is 5.97 Å². The first-order valence-electron chi connectivity index (χ1n) is 5.99. The number of ketones is 1. The van der Waals surface area contributed by atoms with Crippen LogP contribution >= 0.6 is 0 Å². The number of aliphatic carboxylic acids is 1. The van der Waals surface area contributed by atoms with Crippen molar-refractivity contribution in [1.29, 1.82) is 0 Å². The Morgan fingerprint density at radius 2 is 1.94 bits per heavy atom. The summed E-state index contributed by atoms with van der Waals surface area (Å²) in [5.74, 6) is -1.18. The van der Waals surface area contributed by atoms with E-state index in [-0.39, 0.29) is 24.0 Å². The molecule has 0 bridgehead atoms. The fourth-order valence-corrected chi connectivity index (χ4v) is 2.57. The third-order valence-electron chi connectivity index (χ3n) is 3.41. The van der Waals surface area contributed by atoms with E-state index in [1.54, 1.807) is 0 Å². The van der Waals surface area contributed by atoms with Gasteiger partial charge in [0.1, 0.15) is 5.78 Å². The van der Waals surface area contributed by atoms with Crippen LogP contribution in [0.2, 0.25) is 0 Å². The lowest BCUT2D eigenvalue weighted by atomic mass is 9.75. The predicted molar refractivity (Wildman–Crippen MR) is 63.8 cm³/mol. The molecular formula is C14H16O3. The Labute approximate surface area is 100 Å². The van der Waals surface area contributed by atoms with Crippen molar-refractivity contribution in [2.75, 3.05) is 0 Å². The summed E-state index contributed by atoms with van der Waals surface area (Å²) < 4.78 is 0. The Hall–Kier alpha value is -1.64. The molecule has 3 heteroatoms. The normalized spacial score (nSPS) is 24.6. The number of carbonyl (C=O) groups is 2. The van der Waals surface area contributed by atoms with E-state index in [0.717, 1.165) is 18.4 Å². The first-order chi connectivity index (χ1) is 8.18. The molecule has 1 aromatic rings. The van der Waals surface area contributed by atoms with E-state index < -0.39 is 5.97 Å². The van der Waals surface area contributed by atoms with Gasteiger partial charge in [-0.15, -0.1) is 0 Å². The Morgan fingerprint density at radius 1 is 1.24 bits per heavy atom. The maximum Gasteiger partial charge on any atom is 0.304 e. The molecule has 0 aromatic heterocycles. The molecular weight excluding hydrogens is 216 g/mol. The lowest BCUT2D eigenvalue weighted by Gasteiger charge is -2.27. The molecule has 0 spiro atoms. The van der Waals surface area contributed by atoms with Gasteiger partial charge in [-0.1, -0.05) is 36.8 Å². The molecule has 1 saturated carbocycles. The minimum Gasteiger partial charge on any atom is -0.481 e. The van der Waals surface area contributed by atoms with E-state index in [4.69, 9.17) is 5.11 Å². The van der Waals surface area contributed by atoms with E-state index >= 15 is 0 Å². The van der Waals surface area contributed by atoms with Crippen molar-refractivity contribution >= 4 is 11.8 Å². The molecule has 1 aliphatic rings. The number of benzene rings is 1. The Balaban J connectivity index is 2.14. The Morgan fingerprint density at radius 3 is 2.59 bits per heavy atom. The van der Waals surface area contributed by atoms with Crippen molar-refractivity contribution in [3.05, 3.63) is 35.9 Å². The lowest BCUT2D eigenvalue weighted by molar-refractivity contribution is -0.141. The molecule has 0 radical (unpaired) electrons. The summed E-state index contributed by atoms with van der Waals surface area (Å²) in [6.45, 7) is 0. The van der Waals surface area contributed by atoms with Crippen LogP contribution in [-0.2, 0) is 9.59 Å². The lowest BCUT2D eigenvalue weighted by Crippen LogP contribution is -2.28. The summed E-state index contributed by atoms with van der Waals surface area (Å²) >= 11 is 0. The summed E-state index contributed by atoms with van der Waals surface area (Å²) in [4.78, 5) is 22.9. The number of carboxylic acid groups (broad SMARTS) is 1. The average molecular weight is 232 g/mol. The van der Waals surface area contributed by atoms with Crippen LogP contribution in [0.25, 0.3) is 0 Å². The zero-order valence-electron chi connectivity index (χ0n) is 9.63. The van der Waals surface area contributed by atoms with Gasteiger partial charge in [0, 0.05) is 11.8 Å². The molecule has 1 fully saturated rings. The molecule has 2 rings (SSSR count). The van der Waals surface area contributed by atoms with Crippen LogP contribution in [0.5, 0.6) is 0 Å². The zero-order chi connectivity index (χ0) is 12.3. The molecule has 90 valence electrons. The van der Waals surface area contributed by atoms with Crippen LogP contribution in [0.4, 0.5) is 0 Å². The number of hydrogen-bond donors (Lipinski definition) is 1. The Bertz CT molecular complexity index is 411. The second-order valence-electron chi connectivity index (χ2n) is 4.59. The maximum absolute atomic E-state index is 12.2. The van der Waals surface area contributed by atoms with E-state index in [2.05, 4.69) is 0 Å². The van der Waals surface area contributed by atoms with Crippen molar-refractivity contribution in [2.45, 2.75) is 31.6 Å². The van der Waals surface area contributed by atoms with Gasteiger partial charge in [0.2, 0.25) is 0 Å². The van der Waals surface area contributed by atoms with Crippen molar-refractivity contribution in [2.24, 2.45) is 5.92 Å². The van der Waals surface area contributed by atoms with Crippen LogP contribution in [0.1, 0.15) is 37.2 Å². The monoisotopic (exact) mass is 232 g/mol. The number of Topliss-reactive ketones (excluding diaryl/α,β-unsaturated/α-hetero) is 1. The molecule has 3 nitrogen and oxygen atoms in total. The summed E-state index contributed by atoms with van der Waals surface area (Å²) in [6, 6.07) is 9.66. The molecule has 17 heavy (non-hydrogen) atoms. The third kappa shape index (κ3) is 2.73. The molecule has 0 unspecified atom stereocenters. The van der Waals surface area contributed by atoms with E-state index in [9.17, 15) is 9.59 Å². The van der Waals surface area contributed by atoms with Crippen LogP contribution in [0.15, 0.2) is 30.3 Å². The SMILES string of the molecule is O=C(O)C[C@H]1CCC[C@@H](c2ccccc2)C1=O. The van der Waals surface area contributed by atoms with Gasteiger partial charge in [-0.05, 0) is 18.4 Å². The van der Waals surface area contributed by atoms with Crippen molar-refractivity contribution in [3.8, 4) is 0 Å². The Kier molecular flexibility index (Phi) is 3.57. The van der Waals surface area contributed by atoms with Crippen molar-refractivity contribution < 1.29 is 14.7 Å². The van der Waals surface area contributed by atoms with Gasteiger partial charge in [-0.25, -0.2) is 0 Å². The zero-order valence-corrected chi connectivity index (χ0v) is 9.63. The van der Waals surface area contributed by atoms with Crippen molar-refractivity contribution in [3.63, 3.8) is 0 Å². The highest BCUT2D eigenvalue weighted by Gasteiger charge is 2.33. The molecule has 0 amide bonds. The van der Waals surface area contributed by atoms with Gasteiger partial charge in [-0.3, -0.25) is 9.59 Å². The number of carbonyl (C=O) groups excluding carboxylic acids is 1. The first kappa shape index (κ1) is 11.8. The highest BCUT2D eigenvalue weighted by Crippen LogP contribution is 2.34. The second-order valence-corrected chi connectivity index (χ2v) is 4.59. The van der Waals surface area contributed by atoms with E-state index in [0.29, 0.717) is 6.42 Å². The molecule has 1 N–H and O–H groups in total. The van der Waals surface area contributed by atoms with Gasteiger partial charge < -0.3 is 5.11 Å². The summed E-state index contributed by atoms with van der Waals surface area (Å²) in [6.07, 6.45) is 2.47. The van der Waals surface area contributed by atoms with Crippen molar-refractivity contribution in [1.82, 2.24) is 0 Å². The van der Waals surface area contributed by atoms with Crippen LogP contribution in [0.3, 0.4) is 0 Å². The highest BCUT2D eigenvalue weighted by atomic mass is 16.4. The third-order valence-corrected chi connectivity index (χ3v) is 3.41. The van der Waals surface area contributed by atoms with E-state index in [1.807, 2.05) is 30.3 Å².